The number of likely N-dealkylation sites (tertiary alicyclic amines) is 2. The minimum atomic E-state index is -1.01. The van der Waals surface area contributed by atoms with E-state index in [2.05, 4.69) is 20.0 Å². The summed E-state index contributed by atoms with van der Waals surface area (Å²) in [6.45, 7) is 14.7. The van der Waals surface area contributed by atoms with Gasteiger partial charge in [0.2, 0.25) is 0 Å². The fourth-order valence-electron chi connectivity index (χ4n) is 9.31. The van der Waals surface area contributed by atoms with E-state index >= 15 is 0 Å². The Morgan fingerprint density at radius 1 is 0.814 bits per heavy atom. The van der Waals surface area contributed by atoms with E-state index in [1.807, 2.05) is 60.0 Å². The lowest BCUT2D eigenvalue weighted by Gasteiger charge is -2.43. The molecule has 0 spiro atoms. The molecule has 1 atom stereocenters. The lowest BCUT2D eigenvalue weighted by Crippen LogP contribution is -2.56. The number of piperidine rings is 2. The molecule has 0 bridgehead atoms. The SMILES string of the molecule is Cc1cc(C[C@@H](OC(=O)N2CCC(N3CCc4ccccc4NC3=O)CC2)C(=O)N2CCN(C3CCN(CCC(=O)OCCN4CCOCC4)CC3)CC2)cc(C)c1O. The summed E-state index contributed by atoms with van der Waals surface area (Å²) in [7, 11) is 0. The maximum atomic E-state index is 14.2. The molecule has 0 aliphatic carbocycles. The van der Waals surface area contributed by atoms with Crippen LogP contribution in [-0.4, -0.2) is 182 Å². The zero-order valence-corrected chi connectivity index (χ0v) is 34.9. The van der Waals surface area contributed by atoms with E-state index in [0.29, 0.717) is 82.3 Å². The number of hydrogen-bond donors (Lipinski definition) is 2. The zero-order valence-electron chi connectivity index (χ0n) is 34.9. The average molecular weight is 818 g/mol. The minimum Gasteiger partial charge on any atom is -0.507 e. The summed E-state index contributed by atoms with van der Waals surface area (Å²) >= 11 is 0. The van der Waals surface area contributed by atoms with Gasteiger partial charge in [-0.2, -0.15) is 0 Å². The summed E-state index contributed by atoms with van der Waals surface area (Å²) in [6, 6.07) is 11.9. The Morgan fingerprint density at radius 3 is 2.19 bits per heavy atom. The number of phenolic OH excluding ortho intramolecular Hbond substituents is 1. The molecule has 5 aliphatic rings. The number of carbonyl (C=O) groups is 4. The molecule has 0 saturated carbocycles. The second kappa shape index (κ2) is 20.2. The molecule has 322 valence electrons. The molecule has 2 N–H and O–H groups in total. The van der Waals surface area contributed by atoms with Gasteiger partial charge < -0.3 is 44.2 Å². The number of amides is 4. The van der Waals surface area contributed by atoms with Gasteiger partial charge in [0.1, 0.15) is 12.4 Å². The van der Waals surface area contributed by atoms with Gasteiger partial charge in [-0.1, -0.05) is 30.3 Å². The van der Waals surface area contributed by atoms with E-state index in [1.54, 1.807) is 4.90 Å². The second-order valence-electron chi connectivity index (χ2n) is 16.8. The Balaban J connectivity index is 0.878. The smallest absolute Gasteiger partial charge is 0.410 e. The molecule has 15 heteroatoms. The quantitative estimate of drug-likeness (QED) is 0.304. The highest BCUT2D eigenvalue weighted by Gasteiger charge is 2.36. The van der Waals surface area contributed by atoms with Gasteiger partial charge in [-0.3, -0.25) is 19.4 Å². The number of anilines is 1. The predicted octanol–water partition coefficient (Wildman–Crippen LogP) is 3.49. The van der Waals surface area contributed by atoms with Gasteiger partial charge >= 0.3 is 18.1 Å². The number of phenols is 1. The standard InChI is InChI=1S/C44H63N7O8/c1-32-29-34(30-33(2)41(32)53)31-39(59-44(56)50-16-10-37(11-17-50)51-18-7-35-5-3-4-6-38(35)45-43(51)55)42(54)49-21-19-48(20-22-49)36-8-13-46(14-9-36)15-12-40(52)58-28-25-47-23-26-57-27-24-47/h3-6,29-30,36-37,39,53H,7-28,31H2,1-2H3,(H,45,55)/t39-/m1/s1. The van der Waals surface area contributed by atoms with Crippen molar-refractivity contribution in [3.63, 3.8) is 0 Å². The molecule has 5 aliphatic heterocycles. The molecule has 0 aromatic heterocycles. The van der Waals surface area contributed by atoms with Crippen molar-refractivity contribution < 1.29 is 38.5 Å². The first-order valence-corrected chi connectivity index (χ1v) is 21.7. The summed E-state index contributed by atoms with van der Waals surface area (Å²) in [5, 5.41) is 13.5. The second-order valence-corrected chi connectivity index (χ2v) is 16.8. The van der Waals surface area contributed by atoms with E-state index in [4.69, 9.17) is 14.2 Å². The third-order valence-corrected chi connectivity index (χ3v) is 12.9. The van der Waals surface area contributed by atoms with Crippen LogP contribution in [0.4, 0.5) is 15.3 Å². The highest BCUT2D eigenvalue weighted by molar-refractivity contribution is 5.91. The number of para-hydroxylation sites is 1. The first kappa shape index (κ1) is 42.7. The number of nitrogens with zero attached hydrogens (tertiary/aromatic N) is 6. The Morgan fingerprint density at radius 2 is 1.47 bits per heavy atom. The van der Waals surface area contributed by atoms with Crippen LogP contribution < -0.4 is 5.32 Å². The zero-order chi connectivity index (χ0) is 41.3. The minimum absolute atomic E-state index is 0.00282. The summed E-state index contributed by atoms with van der Waals surface area (Å²) in [6.07, 6.45) is 3.09. The van der Waals surface area contributed by atoms with Crippen LogP contribution >= 0.6 is 0 Å². The van der Waals surface area contributed by atoms with Gasteiger partial charge in [0.25, 0.3) is 5.91 Å². The van der Waals surface area contributed by atoms with Crippen LogP contribution in [0, 0.1) is 13.8 Å². The molecule has 7 rings (SSSR count). The molecule has 5 heterocycles. The van der Waals surface area contributed by atoms with Crippen LogP contribution in [0.1, 0.15) is 54.4 Å². The van der Waals surface area contributed by atoms with Gasteiger partial charge in [0.05, 0.1) is 19.6 Å². The first-order chi connectivity index (χ1) is 28.6. The molecule has 4 saturated heterocycles. The number of aryl methyl sites for hydroxylation is 2. The molecule has 0 unspecified atom stereocenters. The topological polar surface area (TPSA) is 148 Å². The number of esters is 1. The van der Waals surface area contributed by atoms with Gasteiger partial charge in [-0.05, 0) is 87.4 Å². The number of piperazine rings is 1. The Labute approximate surface area is 348 Å². The largest absolute Gasteiger partial charge is 0.507 e. The fraction of sp³-hybridized carbons (Fsp3) is 0.636. The number of carbonyl (C=O) groups excluding carboxylic acids is 4. The highest BCUT2D eigenvalue weighted by atomic mass is 16.6. The first-order valence-electron chi connectivity index (χ1n) is 21.7. The third-order valence-electron chi connectivity index (χ3n) is 12.9. The van der Waals surface area contributed by atoms with Crippen molar-refractivity contribution in [2.24, 2.45) is 0 Å². The monoisotopic (exact) mass is 817 g/mol. The predicted molar refractivity (Wildman–Crippen MR) is 222 cm³/mol. The van der Waals surface area contributed by atoms with Crippen LogP contribution in [0.15, 0.2) is 36.4 Å². The van der Waals surface area contributed by atoms with E-state index in [9.17, 15) is 24.3 Å². The molecular weight excluding hydrogens is 755 g/mol. The maximum absolute atomic E-state index is 14.2. The Kier molecular flexibility index (Phi) is 14.6. The van der Waals surface area contributed by atoms with Crippen molar-refractivity contribution in [3.8, 4) is 5.75 Å². The molecule has 2 aromatic rings. The van der Waals surface area contributed by atoms with Crippen LogP contribution in [-0.2, 0) is 36.6 Å². The lowest BCUT2D eigenvalue weighted by atomic mass is 10.00. The third kappa shape index (κ3) is 11.2. The molecule has 59 heavy (non-hydrogen) atoms. The van der Waals surface area contributed by atoms with Crippen LogP contribution in [0.5, 0.6) is 5.75 Å². The number of rotatable bonds is 12. The summed E-state index contributed by atoms with van der Waals surface area (Å²) in [4.78, 5) is 66.0. The highest BCUT2D eigenvalue weighted by Crippen LogP contribution is 2.27. The number of aromatic hydroxyl groups is 1. The van der Waals surface area contributed by atoms with Gasteiger partial charge in [-0.15, -0.1) is 0 Å². The molecule has 4 fully saturated rings. The fourth-order valence-corrected chi connectivity index (χ4v) is 9.31. The van der Waals surface area contributed by atoms with E-state index in [-0.39, 0.29) is 36.1 Å². The number of hydrogen-bond acceptors (Lipinski definition) is 11. The summed E-state index contributed by atoms with van der Waals surface area (Å²) in [5.74, 6) is -0.127. The number of urea groups is 1. The summed E-state index contributed by atoms with van der Waals surface area (Å²) in [5.41, 5.74) is 4.20. The molecule has 2 aromatic carbocycles. The van der Waals surface area contributed by atoms with Gasteiger partial charge in [0.15, 0.2) is 6.10 Å². The number of ether oxygens (including phenoxy) is 3. The number of nitrogens with one attached hydrogen (secondary N) is 1. The maximum Gasteiger partial charge on any atom is 0.410 e. The number of benzene rings is 2. The lowest BCUT2D eigenvalue weighted by molar-refractivity contribution is -0.145. The Hall–Kier alpha value is -4.44. The number of morpholine rings is 1. The van der Waals surface area contributed by atoms with E-state index < -0.39 is 12.2 Å². The van der Waals surface area contributed by atoms with Gasteiger partial charge in [0, 0.05) is 96.2 Å². The molecular formula is C44H63N7O8. The van der Waals surface area contributed by atoms with Crippen molar-refractivity contribution in [2.75, 3.05) is 110 Å². The van der Waals surface area contributed by atoms with Crippen LogP contribution in [0.2, 0.25) is 0 Å². The van der Waals surface area contributed by atoms with E-state index in [1.165, 1.54) is 0 Å². The van der Waals surface area contributed by atoms with Crippen molar-refractivity contribution in [2.45, 2.75) is 77.0 Å². The van der Waals surface area contributed by atoms with Crippen molar-refractivity contribution in [3.05, 3.63) is 58.7 Å². The van der Waals surface area contributed by atoms with Crippen LogP contribution in [0.3, 0.4) is 0 Å². The molecule has 15 nitrogen and oxygen atoms in total. The van der Waals surface area contributed by atoms with E-state index in [0.717, 1.165) is 95.1 Å². The van der Waals surface area contributed by atoms with Crippen molar-refractivity contribution >= 4 is 29.7 Å². The number of fused-ring (bicyclic) bond motifs is 1. The van der Waals surface area contributed by atoms with Gasteiger partial charge in [-0.25, -0.2) is 9.59 Å². The van der Waals surface area contributed by atoms with Crippen LogP contribution in [0.25, 0.3) is 0 Å². The molecule has 0 radical (unpaired) electrons. The Bertz CT molecular complexity index is 1740. The summed E-state index contributed by atoms with van der Waals surface area (Å²) < 4.78 is 17.0. The molecule has 4 amide bonds. The average Bonchev–Trinajstić information content (AvgIpc) is 3.43. The normalized spacial score (nSPS) is 21.1. The van der Waals surface area contributed by atoms with Crippen molar-refractivity contribution in [1.29, 1.82) is 0 Å². The van der Waals surface area contributed by atoms with Crippen molar-refractivity contribution in [1.82, 2.24) is 29.4 Å².